The van der Waals surface area contributed by atoms with Crippen LogP contribution in [0.2, 0.25) is 0 Å². The first-order chi connectivity index (χ1) is 14.1. The van der Waals surface area contributed by atoms with Gasteiger partial charge in [-0.15, -0.1) is 24.0 Å². The Bertz CT molecular complexity index is 735. The van der Waals surface area contributed by atoms with Crippen molar-refractivity contribution in [2.45, 2.75) is 19.4 Å². The molecule has 0 bridgehead atoms. The predicted molar refractivity (Wildman–Crippen MR) is 134 cm³/mol. The highest BCUT2D eigenvalue weighted by Gasteiger charge is 2.05. The maximum Gasteiger partial charge on any atom is 0.243 e. The lowest BCUT2D eigenvalue weighted by Gasteiger charge is -2.20. The largest absolute Gasteiger partial charge is 0.375 e. The number of halogens is 1. The molecule has 9 heteroatoms. The second kappa shape index (κ2) is 14.6. The summed E-state index contributed by atoms with van der Waals surface area (Å²) in [7, 11) is 5.57. The van der Waals surface area contributed by atoms with Gasteiger partial charge in [0.2, 0.25) is 5.91 Å². The maximum atomic E-state index is 11.9. The van der Waals surface area contributed by atoms with Gasteiger partial charge in [0.15, 0.2) is 5.96 Å². The lowest BCUT2D eigenvalue weighted by atomic mass is 10.3. The zero-order chi connectivity index (χ0) is 20.9. The minimum absolute atomic E-state index is 0. The number of carbonyl (C=O) groups excluding carboxylic acids is 1. The highest BCUT2D eigenvalue weighted by molar-refractivity contribution is 14.0. The lowest BCUT2D eigenvalue weighted by molar-refractivity contribution is -0.127. The molecule has 30 heavy (non-hydrogen) atoms. The zero-order valence-electron chi connectivity index (χ0n) is 18.1. The standard InChI is InChI=1S/C21H33N7O.HI/c1-26(2)20(29)18-24-21(23-13-8-16-28-17-9-14-25-28)22-12-7-15-27(3)19-10-5-4-6-11-19;/h4-6,9-11,14,17H,7-8,12-13,15-16,18H2,1-3H3,(H2,22,23,24);1H. The first-order valence-corrected chi connectivity index (χ1v) is 10.0. The van der Waals surface area contributed by atoms with Gasteiger partial charge in [-0.1, -0.05) is 18.2 Å². The summed E-state index contributed by atoms with van der Waals surface area (Å²) in [6.45, 7) is 3.43. The van der Waals surface area contributed by atoms with E-state index in [0.29, 0.717) is 5.96 Å². The number of likely N-dealkylation sites (N-methyl/N-ethyl adjacent to an activating group) is 1. The van der Waals surface area contributed by atoms with E-state index in [1.54, 1.807) is 25.2 Å². The van der Waals surface area contributed by atoms with Gasteiger partial charge in [-0.2, -0.15) is 5.10 Å². The first kappa shape index (κ1) is 25.7. The number of rotatable bonds is 11. The van der Waals surface area contributed by atoms with Gasteiger partial charge in [0.25, 0.3) is 0 Å². The fourth-order valence-corrected chi connectivity index (χ4v) is 2.68. The number of benzene rings is 1. The summed E-state index contributed by atoms with van der Waals surface area (Å²) in [5.41, 5.74) is 1.20. The van der Waals surface area contributed by atoms with Gasteiger partial charge in [0, 0.05) is 65.4 Å². The van der Waals surface area contributed by atoms with Gasteiger partial charge in [0.05, 0.1) is 0 Å². The van der Waals surface area contributed by atoms with Gasteiger partial charge in [0.1, 0.15) is 6.54 Å². The molecule has 2 rings (SSSR count). The molecule has 1 aromatic heterocycles. The molecule has 1 heterocycles. The topological polar surface area (TPSA) is 77.8 Å². The van der Waals surface area contributed by atoms with Gasteiger partial charge in [-0.25, -0.2) is 4.99 Å². The van der Waals surface area contributed by atoms with Gasteiger partial charge < -0.3 is 20.4 Å². The molecule has 0 aliphatic heterocycles. The number of aryl methyl sites for hydroxylation is 1. The van der Waals surface area contributed by atoms with Crippen molar-refractivity contribution < 1.29 is 4.79 Å². The van der Waals surface area contributed by atoms with E-state index < -0.39 is 0 Å². The number of nitrogens with one attached hydrogen (secondary N) is 2. The molecule has 8 nitrogen and oxygen atoms in total. The minimum atomic E-state index is -0.0218. The summed E-state index contributed by atoms with van der Waals surface area (Å²) in [5.74, 6) is 0.648. The van der Waals surface area contributed by atoms with Gasteiger partial charge >= 0.3 is 0 Å². The van der Waals surface area contributed by atoms with Crippen LogP contribution >= 0.6 is 24.0 Å². The van der Waals surface area contributed by atoms with E-state index in [2.05, 4.69) is 44.8 Å². The summed E-state index contributed by atoms with van der Waals surface area (Å²) in [6.07, 6.45) is 5.61. The van der Waals surface area contributed by atoms with E-state index in [0.717, 1.165) is 39.0 Å². The van der Waals surface area contributed by atoms with Crippen molar-refractivity contribution in [2.75, 3.05) is 52.2 Å². The number of nitrogens with zero attached hydrogens (tertiary/aromatic N) is 5. The molecule has 0 radical (unpaired) electrons. The van der Waals surface area contributed by atoms with Crippen molar-refractivity contribution in [3.8, 4) is 0 Å². The van der Waals surface area contributed by atoms with Crippen molar-refractivity contribution >= 4 is 41.5 Å². The molecule has 0 atom stereocenters. The van der Waals surface area contributed by atoms with Gasteiger partial charge in [-0.05, 0) is 31.0 Å². The third-order valence-electron chi connectivity index (χ3n) is 4.45. The Morgan fingerprint density at radius 2 is 1.77 bits per heavy atom. The van der Waals surface area contributed by atoms with E-state index in [9.17, 15) is 4.79 Å². The Labute approximate surface area is 196 Å². The maximum absolute atomic E-state index is 11.9. The molecular formula is C21H34IN7O. The quantitative estimate of drug-likeness (QED) is 0.203. The summed E-state index contributed by atoms with van der Waals surface area (Å²) in [5, 5.41) is 10.8. The summed E-state index contributed by atoms with van der Waals surface area (Å²) in [6, 6.07) is 12.2. The molecule has 0 unspecified atom stereocenters. The van der Waals surface area contributed by atoms with Crippen LogP contribution in [0.3, 0.4) is 0 Å². The third kappa shape index (κ3) is 9.95. The monoisotopic (exact) mass is 527 g/mol. The highest BCUT2D eigenvalue weighted by atomic mass is 127. The number of para-hydroxylation sites is 1. The van der Waals surface area contributed by atoms with Crippen LogP contribution in [0, 0.1) is 0 Å². The number of amides is 1. The Kier molecular flexibility index (Phi) is 12.6. The van der Waals surface area contributed by atoms with Crippen molar-refractivity contribution in [1.29, 1.82) is 0 Å². The van der Waals surface area contributed by atoms with Crippen LogP contribution in [-0.2, 0) is 11.3 Å². The van der Waals surface area contributed by atoms with Crippen LogP contribution in [-0.4, -0.2) is 73.9 Å². The van der Waals surface area contributed by atoms with Crippen LogP contribution in [0.1, 0.15) is 12.8 Å². The van der Waals surface area contributed by atoms with E-state index in [1.807, 2.05) is 35.1 Å². The second-order valence-electron chi connectivity index (χ2n) is 7.04. The normalized spacial score (nSPS) is 10.8. The molecule has 0 saturated heterocycles. The lowest BCUT2D eigenvalue weighted by Crippen LogP contribution is -2.40. The molecule has 0 fully saturated rings. The molecule has 0 aliphatic carbocycles. The van der Waals surface area contributed by atoms with Crippen molar-refractivity contribution in [3.63, 3.8) is 0 Å². The SMILES string of the molecule is CN(C)C(=O)CN=C(NCCCN(C)c1ccccc1)NCCCn1cccn1.I. The Hall–Kier alpha value is -2.30. The summed E-state index contributed by atoms with van der Waals surface area (Å²) in [4.78, 5) is 20.1. The Morgan fingerprint density at radius 3 is 2.40 bits per heavy atom. The second-order valence-corrected chi connectivity index (χ2v) is 7.04. The Balaban J connectivity index is 0.00000450. The zero-order valence-corrected chi connectivity index (χ0v) is 20.5. The number of anilines is 1. The number of guanidine groups is 1. The summed E-state index contributed by atoms with van der Waals surface area (Å²) < 4.78 is 1.90. The van der Waals surface area contributed by atoms with E-state index in [-0.39, 0.29) is 36.4 Å². The van der Waals surface area contributed by atoms with Crippen LogP contribution in [0.25, 0.3) is 0 Å². The Morgan fingerprint density at radius 1 is 1.07 bits per heavy atom. The third-order valence-corrected chi connectivity index (χ3v) is 4.45. The molecule has 0 saturated carbocycles. The molecule has 0 aliphatic rings. The van der Waals surface area contributed by atoms with Crippen LogP contribution in [0.15, 0.2) is 53.8 Å². The van der Waals surface area contributed by atoms with E-state index >= 15 is 0 Å². The molecule has 1 amide bonds. The number of hydrogen-bond donors (Lipinski definition) is 2. The fourth-order valence-electron chi connectivity index (χ4n) is 2.68. The molecule has 166 valence electrons. The number of hydrogen-bond acceptors (Lipinski definition) is 4. The van der Waals surface area contributed by atoms with Crippen molar-refractivity contribution in [3.05, 3.63) is 48.8 Å². The fraction of sp³-hybridized carbons (Fsp3) is 0.476. The number of aromatic nitrogens is 2. The van der Waals surface area contributed by atoms with Crippen molar-refractivity contribution in [1.82, 2.24) is 25.3 Å². The van der Waals surface area contributed by atoms with Crippen molar-refractivity contribution in [2.24, 2.45) is 4.99 Å². The first-order valence-electron chi connectivity index (χ1n) is 10.0. The molecule has 2 aromatic rings. The van der Waals surface area contributed by atoms with Gasteiger partial charge in [-0.3, -0.25) is 9.48 Å². The predicted octanol–water partition coefficient (Wildman–Crippen LogP) is 2.04. The number of carbonyl (C=O) groups is 1. The minimum Gasteiger partial charge on any atom is -0.375 e. The summed E-state index contributed by atoms with van der Waals surface area (Å²) >= 11 is 0. The smallest absolute Gasteiger partial charge is 0.243 e. The molecule has 2 N–H and O–H groups in total. The average molecular weight is 527 g/mol. The number of aliphatic imine (C=N–C) groups is 1. The van der Waals surface area contributed by atoms with Crippen LogP contribution < -0.4 is 15.5 Å². The molecule has 1 aromatic carbocycles. The molecule has 0 spiro atoms. The molecular weight excluding hydrogens is 493 g/mol. The van der Waals surface area contributed by atoms with Crippen LogP contribution in [0.5, 0.6) is 0 Å². The van der Waals surface area contributed by atoms with Crippen LogP contribution in [0.4, 0.5) is 5.69 Å². The average Bonchev–Trinajstić information content (AvgIpc) is 3.25. The van der Waals surface area contributed by atoms with E-state index in [1.165, 1.54) is 5.69 Å². The van der Waals surface area contributed by atoms with E-state index in [4.69, 9.17) is 0 Å². The highest BCUT2D eigenvalue weighted by Crippen LogP contribution is 2.10.